The van der Waals surface area contributed by atoms with Crippen molar-refractivity contribution < 1.29 is 24.0 Å². The summed E-state index contributed by atoms with van der Waals surface area (Å²) in [5.41, 5.74) is 0.941. The minimum absolute atomic E-state index is 0.0835. The zero-order chi connectivity index (χ0) is 18.7. The molecule has 2 aromatic carbocycles. The van der Waals surface area contributed by atoms with Gasteiger partial charge in [0.15, 0.2) is 6.61 Å². The second kappa shape index (κ2) is 7.01. The first-order valence-electron chi connectivity index (χ1n) is 7.56. The number of esters is 1. The molecule has 132 valence electrons. The van der Waals surface area contributed by atoms with Gasteiger partial charge in [0.25, 0.3) is 11.6 Å². The molecule has 9 nitrogen and oxygen atoms in total. The van der Waals surface area contributed by atoms with Crippen LogP contribution in [-0.4, -0.2) is 35.9 Å². The molecule has 0 radical (unpaired) electrons. The number of hydrogen-bond acceptors (Lipinski definition) is 6. The molecule has 0 atom stereocenters. The van der Waals surface area contributed by atoms with E-state index < -0.39 is 23.4 Å². The van der Waals surface area contributed by atoms with Crippen LogP contribution in [0.15, 0.2) is 48.5 Å². The molecule has 0 spiro atoms. The van der Waals surface area contributed by atoms with Gasteiger partial charge in [0.1, 0.15) is 6.54 Å². The number of benzene rings is 2. The highest BCUT2D eigenvalue weighted by molar-refractivity contribution is 6.10. The van der Waals surface area contributed by atoms with Gasteiger partial charge in [0, 0.05) is 12.1 Å². The zero-order valence-corrected chi connectivity index (χ0v) is 13.4. The van der Waals surface area contributed by atoms with Gasteiger partial charge in [-0.1, -0.05) is 12.1 Å². The highest BCUT2D eigenvalue weighted by Gasteiger charge is 2.27. The van der Waals surface area contributed by atoms with E-state index in [4.69, 9.17) is 4.74 Å². The van der Waals surface area contributed by atoms with E-state index in [0.717, 1.165) is 0 Å². The molecular formula is C17H13N3O6. The van der Waals surface area contributed by atoms with Crippen LogP contribution in [0.1, 0.15) is 10.4 Å². The van der Waals surface area contributed by atoms with E-state index in [1.807, 2.05) is 0 Å². The predicted molar refractivity (Wildman–Crippen MR) is 90.8 cm³/mol. The number of rotatable bonds is 4. The summed E-state index contributed by atoms with van der Waals surface area (Å²) in [7, 11) is 0. The standard InChI is InChI=1S/C17H13N3O6/c21-15-9-19(14-4-2-1-3-13(14)18-15)16(22)10-26-17(23)11-5-7-12(8-6-11)20(24)25/h1-8H,9-10H2,(H,18,21). The number of ether oxygens (including phenoxy) is 1. The van der Waals surface area contributed by atoms with Crippen molar-refractivity contribution in [1.82, 2.24) is 0 Å². The normalized spacial score (nSPS) is 12.8. The van der Waals surface area contributed by atoms with Crippen molar-refractivity contribution in [3.05, 3.63) is 64.2 Å². The maximum atomic E-state index is 12.4. The lowest BCUT2D eigenvalue weighted by molar-refractivity contribution is -0.384. The molecule has 1 aliphatic rings. The van der Waals surface area contributed by atoms with Crippen molar-refractivity contribution in [2.45, 2.75) is 0 Å². The van der Waals surface area contributed by atoms with E-state index in [0.29, 0.717) is 11.4 Å². The Morgan fingerprint density at radius 2 is 1.85 bits per heavy atom. The lowest BCUT2D eigenvalue weighted by atomic mass is 10.2. The number of fused-ring (bicyclic) bond motifs is 1. The van der Waals surface area contributed by atoms with Crippen molar-refractivity contribution in [2.24, 2.45) is 0 Å². The molecule has 0 aliphatic carbocycles. The number of carbonyl (C=O) groups is 3. The number of nitrogens with one attached hydrogen (secondary N) is 1. The lowest BCUT2D eigenvalue weighted by Gasteiger charge is -2.28. The van der Waals surface area contributed by atoms with Crippen LogP contribution in [0, 0.1) is 10.1 Å². The third-order valence-electron chi connectivity index (χ3n) is 3.71. The van der Waals surface area contributed by atoms with E-state index in [9.17, 15) is 24.5 Å². The number of nitro groups is 1. The van der Waals surface area contributed by atoms with Gasteiger partial charge in [-0.05, 0) is 24.3 Å². The Balaban J connectivity index is 1.66. The van der Waals surface area contributed by atoms with Crippen molar-refractivity contribution in [1.29, 1.82) is 0 Å². The summed E-state index contributed by atoms with van der Waals surface area (Å²) >= 11 is 0. The first-order valence-corrected chi connectivity index (χ1v) is 7.56. The third kappa shape index (κ3) is 3.51. The Morgan fingerprint density at radius 1 is 1.15 bits per heavy atom. The number of nitro benzene ring substituents is 1. The largest absolute Gasteiger partial charge is 0.452 e. The fraction of sp³-hybridized carbons (Fsp3) is 0.118. The van der Waals surface area contributed by atoms with Crippen LogP contribution >= 0.6 is 0 Å². The SMILES string of the molecule is O=C1CN(C(=O)COC(=O)c2ccc([N+](=O)[O-])cc2)c2ccccc2N1. The summed E-state index contributed by atoms with van der Waals surface area (Å²) in [5.74, 6) is -1.69. The van der Waals surface area contributed by atoms with Gasteiger partial charge >= 0.3 is 5.97 Å². The highest BCUT2D eigenvalue weighted by Crippen LogP contribution is 2.28. The van der Waals surface area contributed by atoms with Crippen molar-refractivity contribution >= 4 is 34.8 Å². The summed E-state index contributed by atoms with van der Waals surface area (Å²) < 4.78 is 4.96. The average molecular weight is 355 g/mol. The molecule has 1 heterocycles. The van der Waals surface area contributed by atoms with E-state index in [1.54, 1.807) is 24.3 Å². The predicted octanol–water partition coefficient (Wildman–Crippen LogP) is 1.74. The molecule has 0 saturated heterocycles. The van der Waals surface area contributed by atoms with E-state index in [-0.39, 0.29) is 23.7 Å². The van der Waals surface area contributed by atoms with Gasteiger partial charge in [-0.2, -0.15) is 0 Å². The van der Waals surface area contributed by atoms with Crippen LogP contribution in [0.4, 0.5) is 17.1 Å². The van der Waals surface area contributed by atoms with Crippen molar-refractivity contribution in [2.75, 3.05) is 23.4 Å². The second-order valence-electron chi connectivity index (χ2n) is 5.43. The van der Waals surface area contributed by atoms with Gasteiger partial charge in [-0.25, -0.2) is 4.79 Å². The van der Waals surface area contributed by atoms with E-state index in [1.165, 1.54) is 29.2 Å². The van der Waals surface area contributed by atoms with Gasteiger partial charge in [-0.3, -0.25) is 24.6 Å². The molecule has 0 saturated carbocycles. The summed E-state index contributed by atoms with van der Waals surface area (Å²) in [5, 5.41) is 13.3. The summed E-state index contributed by atoms with van der Waals surface area (Å²) in [6.07, 6.45) is 0. The molecule has 1 aliphatic heterocycles. The molecule has 0 fully saturated rings. The summed E-state index contributed by atoms with van der Waals surface area (Å²) in [6.45, 7) is -0.734. The lowest BCUT2D eigenvalue weighted by Crippen LogP contribution is -2.44. The van der Waals surface area contributed by atoms with Gasteiger partial charge in [-0.15, -0.1) is 0 Å². The van der Waals surface area contributed by atoms with Crippen molar-refractivity contribution in [3.8, 4) is 0 Å². The van der Waals surface area contributed by atoms with Crippen LogP contribution in [-0.2, 0) is 14.3 Å². The maximum Gasteiger partial charge on any atom is 0.338 e. The van der Waals surface area contributed by atoms with Crippen LogP contribution in [0.2, 0.25) is 0 Å². The molecule has 0 bridgehead atoms. The molecule has 26 heavy (non-hydrogen) atoms. The fourth-order valence-electron chi connectivity index (χ4n) is 2.46. The molecule has 0 unspecified atom stereocenters. The Kier molecular flexibility index (Phi) is 4.61. The number of non-ortho nitro benzene ring substituents is 1. The van der Waals surface area contributed by atoms with Gasteiger partial charge in [0.2, 0.25) is 5.91 Å². The molecule has 1 N–H and O–H groups in total. The molecule has 3 rings (SSSR count). The summed E-state index contributed by atoms with van der Waals surface area (Å²) in [6, 6.07) is 11.6. The van der Waals surface area contributed by atoms with Crippen LogP contribution in [0.3, 0.4) is 0 Å². The molecule has 2 aromatic rings. The number of nitrogens with zero attached hydrogens (tertiary/aromatic N) is 2. The Labute approximate surface area is 147 Å². The first-order chi connectivity index (χ1) is 12.5. The highest BCUT2D eigenvalue weighted by atomic mass is 16.6. The van der Waals surface area contributed by atoms with Gasteiger partial charge in [0.05, 0.1) is 21.9 Å². The smallest absolute Gasteiger partial charge is 0.338 e. The first kappa shape index (κ1) is 17.1. The van der Waals surface area contributed by atoms with E-state index in [2.05, 4.69) is 5.32 Å². The van der Waals surface area contributed by atoms with E-state index >= 15 is 0 Å². The van der Waals surface area contributed by atoms with Crippen LogP contribution < -0.4 is 10.2 Å². The molecule has 9 heteroatoms. The molecule has 0 aromatic heterocycles. The topological polar surface area (TPSA) is 119 Å². The van der Waals surface area contributed by atoms with Crippen LogP contribution in [0.5, 0.6) is 0 Å². The molecule has 2 amide bonds. The quantitative estimate of drug-likeness (QED) is 0.507. The number of carbonyl (C=O) groups excluding carboxylic acids is 3. The number of amides is 2. The third-order valence-corrected chi connectivity index (χ3v) is 3.71. The van der Waals surface area contributed by atoms with Gasteiger partial charge < -0.3 is 10.1 Å². The number of hydrogen-bond donors (Lipinski definition) is 1. The fourth-order valence-corrected chi connectivity index (χ4v) is 2.46. The second-order valence-corrected chi connectivity index (χ2v) is 5.43. The molecular weight excluding hydrogens is 342 g/mol. The Morgan fingerprint density at radius 3 is 2.54 bits per heavy atom. The number of para-hydroxylation sites is 2. The summed E-state index contributed by atoms with van der Waals surface area (Å²) in [4.78, 5) is 47.3. The zero-order valence-electron chi connectivity index (χ0n) is 13.4. The monoisotopic (exact) mass is 355 g/mol. The average Bonchev–Trinajstić information content (AvgIpc) is 2.65. The maximum absolute atomic E-state index is 12.4. The Hall–Kier alpha value is -3.75. The van der Waals surface area contributed by atoms with Crippen molar-refractivity contribution in [3.63, 3.8) is 0 Å². The minimum atomic E-state index is -0.789. The number of anilines is 2. The Bertz CT molecular complexity index is 894. The van der Waals surface area contributed by atoms with Crippen LogP contribution in [0.25, 0.3) is 0 Å². The minimum Gasteiger partial charge on any atom is -0.452 e.